The maximum absolute atomic E-state index is 13.4. The number of carbonyl (C=O) groups is 1. The second-order valence-electron chi connectivity index (χ2n) is 7.23. The largest absolute Gasteiger partial charge is 0.381 e. The van der Waals surface area contributed by atoms with E-state index in [9.17, 15) is 9.18 Å². The number of pyridine rings is 1. The van der Waals surface area contributed by atoms with Gasteiger partial charge in [-0.2, -0.15) is 5.10 Å². The highest BCUT2D eigenvalue weighted by atomic mass is 19.1. The van der Waals surface area contributed by atoms with Crippen molar-refractivity contribution in [2.75, 3.05) is 5.32 Å². The van der Waals surface area contributed by atoms with Gasteiger partial charge in [0, 0.05) is 25.3 Å². The van der Waals surface area contributed by atoms with E-state index in [1.807, 2.05) is 6.92 Å². The second kappa shape index (κ2) is 8.37. The fourth-order valence-corrected chi connectivity index (χ4v) is 2.90. The number of aryl methyl sites for hydroxylation is 1. The molecule has 0 unspecified atom stereocenters. The lowest BCUT2D eigenvalue weighted by molar-refractivity contribution is 0.0951. The number of aromatic nitrogens is 3. The van der Waals surface area contributed by atoms with Crippen molar-refractivity contribution in [2.45, 2.75) is 46.8 Å². The van der Waals surface area contributed by atoms with Crippen molar-refractivity contribution < 1.29 is 9.18 Å². The quantitative estimate of drug-likeness (QED) is 0.647. The van der Waals surface area contributed by atoms with Crippen LogP contribution < -0.4 is 10.6 Å². The molecule has 0 aliphatic heterocycles. The SMILES string of the molecule is CCn1ncc2c(N[C@@H](C)C(C)C)c(C(=O)NCc3cccc(F)c3)cnc21. The number of fused-ring (bicyclic) bond motifs is 1. The van der Waals surface area contributed by atoms with Gasteiger partial charge < -0.3 is 10.6 Å². The number of rotatable bonds is 7. The number of benzene rings is 1. The minimum Gasteiger partial charge on any atom is -0.381 e. The molecule has 0 saturated carbocycles. The third kappa shape index (κ3) is 4.13. The van der Waals surface area contributed by atoms with Gasteiger partial charge in [-0.1, -0.05) is 26.0 Å². The van der Waals surface area contributed by atoms with E-state index in [1.54, 1.807) is 29.2 Å². The first-order valence-electron chi connectivity index (χ1n) is 9.54. The third-order valence-electron chi connectivity index (χ3n) is 4.92. The molecule has 7 heteroatoms. The molecule has 0 radical (unpaired) electrons. The van der Waals surface area contributed by atoms with Crippen LogP contribution in [-0.4, -0.2) is 26.7 Å². The van der Waals surface area contributed by atoms with Crippen molar-refractivity contribution in [3.63, 3.8) is 0 Å². The average molecular weight is 383 g/mol. The molecule has 1 aromatic carbocycles. The van der Waals surface area contributed by atoms with Crippen LogP contribution in [0.25, 0.3) is 11.0 Å². The number of anilines is 1. The molecule has 0 fully saturated rings. The Morgan fingerprint density at radius 3 is 2.71 bits per heavy atom. The number of halogens is 1. The van der Waals surface area contributed by atoms with Crippen LogP contribution in [0.5, 0.6) is 0 Å². The Morgan fingerprint density at radius 1 is 1.25 bits per heavy atom. The minimum atomic E-state index is -0.324. The summed E-state index contributed by atoms with van der Waals surface area (Å²) in [4.78, 5) is 17.3. The lowest BCUT2D eigenvalue weighted by Gasteiger charge is -2.21. The van der Waals surface area contributed by atoms with Crippen LogP contribution >= 0.6 is 0 Å². The maximum atomic E-state index is 13.4. The Morgan fingerprint density at radius 2 is 2.04 bits per heavy atom. The van der Waals surface area contributed by atoms with Gasteiger partial charge in [0.05, 0.1) is 22.8 Å². The van der Waals surface area contributed by atoms with E-state index in [0.29, 0.717) is 23.6 Å². The number of nitrogens with one attached hydrogen (secondary N) is 2. The summed E-state index contributed by atoms with van der Waals surface area (Å²) in [7, 11) is 0. The summed E-state index contributed by atoms with van der Waals surface area (Å²) in [5.41, 5.74) is 2.61. The Kier molecular flexibility index (Phi) is 5.92. The number of amides is 1. The lowest BCUT2D eigenvalue weighted by atomic mass is 10.0. The van der Waals surface area contributed by atoms with Crippen molar-refractivity contribution in [1.82, 2.24) is 20.1 Å². The number of nitrogens with zero attached hydrogens (tertiary/aromatic N) is 3. The molecule has 6 nitrogen and oxygen atoms in total. The fourth-order valence-electron chi connectivity index (χ4n) is 2.90. The van der Waals surface area contributed by atoms with Crippen LogP contribution in [0.4, 0.5) is 10.1 Å². The normalized spacial score (nSPS) is 12.4. The van der Waals surface area contributed by atoms with Crippen LogP contribution in [-0.2, 0) is 13.1 Å². The van der Waals surface area contributed by atoms with E-state index in [2.05, 4.69) is 41.5 Å². The van der Waals surface area contributed by atoms with Gasteiger partial charge in [0.15, 0.2) is 5.65 Å². The first kappa shape index (κ1) is 19.8. The summed E-state index contributed by atoms with van der Waals surface area (Å²) in [5.74, 6) is -0.205. The van der Waals surface area contributed by atoms with Crippen LogP contribution in [0.2, 0.25) is 0 Å². The molecular formula is C21H26FN5O. The summed E-state index contributed by atoms with van der Waals surface area (Å²) in [6.45, 7) is 9.25. The van der Waals surface area contributed by atoms with E-state index in [4.69, 9.17) is 0 Å². The molecule has 28 heavy (non-hydrogen) atoms. The Labute approximate surface area is 164 Å². The second-order valence-corrected chi connectivity index (χ2v) is 7.23. The van der Waals surface area contributed by atoms with Crippen molar-refractivity contribution in [3.05, 3.63) is 53.6 Å². The molecule has 148 valence electrons. The van der Waals surface area contributed by atoms with Gasteiger partial charge in [-0.25, -0.2) is 14.1 Å². The summed E-state index contributed by atoms with van der Waals surface area (Å²) in [5, 5.41) is 11.5. The third-order valence-corrected chi connectivity index (χ3v) is 4.92. The van der Waals surface area contributed by atoms with Gasteiger partial charge in [-0.05, 0) is 37.5 Å². The molecule has 3 aromatic rings. The molecule has 2 aromatic heterocycles. The number of hydrogen-bond donors (Lipinski definition) is 2. The van der Waals surface area contributed by atoms with Crippen molar-refractivity contribution in [2.24, 2.45) is 5.92 Å². The Balaban J connectivity index is 1.93. The Hall–Kier alpha value is -2.96. The fraction of sp³-hybridized carbons (Fsp3) is 0.381. The van der Waals surface area contributed by atoms with Gasteiger partial charge >= 0.3 is 0 Å². The van der Waals surface area contributed by atoms with E-state index < -0.39 is 0 Å². The van der Waals surface area contributed by atoms with Crippen molar-refractivity contribution in [1.29, 1.82) is 0 Å². The lowest BCUT2D eigenvalue weighted by Crippen LogP contribution is -2.27. The van der Waals surface area contributed by atoms with Gasteiger partial charge in [0.25, 0.3) is 5.91 Å². The zero-order valence-corrected chi connectivity index (χ0v) is 16.7. The molecule has 2 heterocycles. The summed E-state index contributed by atoms with van der Waals surface area (Å²) >= 11 is 0. The standard InChI is InChI=1S/C21H26FN5O/c1-5-27-20-17(12-25-27)19(26-14(4)13(2)3)18(11-23-20)21(28)24-10-15-7-6-8-16(22)9-15/h6-9,11-14H,5,10H2,1-4H3,(H,23,26)(H,24,28)/t14-/m0/s1. The summed E-state index contributed by atoms with van der Waals surface area (Å²) in [6.07, 6.45) is 3.32. The molecule has 1 atom stereocenters. The predicted octanol–water partition coefficient (Wildman–Crippen LogP) is 3.98. The molecule has 0 aliphatic rings. The van der Waals surface area contributed by atoms with Gasteiger partial charge in [0.2, 0.25) is 0 Å². The smallest absolute Gasteiger partial charge is 0.255 e. The monoisotopic (exact) mass is 383 g/mol. The topological polar surface area (TPSA) is 71.8 Å². The van der Waals surface area contributed by atoms with E-state index in [-0.39, 0.29) is 24.3 Å². The van der Waals surface area contributed by atoms with Gasteiger partial charge in [-0.15, -0.1) is 0 Å². The van der Waals surface area contributed by atoms with Crippen LogP contribution in [0, 0.1) is 11.7 Å². The highest BCUT2D eigenvalue weighted by molar-refractivity contribution is 6.06. The number of carbonyl (C=O) groups excluding carboxylic acids is 1. The minimum absolute atomic E-state index is 0.158. The molecule has 0 spiro atoms. The first-order chi connectivity index (χ1) is 13.4. The number of hydrogen-bond acceptors (Lipinski definition) is 4. The van der Waals surface area contributed by atoms with E-state index >= 15 is 0 Å². The van der Waals surface area contributed by atoms with Crippen LogP contribution in [0.1, 0.15) is 43.6 Å². The molecule has 2 N–H and O–H groups in total. The van der Waals surface area contributed by atoms with Gasteiger partial charge in [0.1, 0.15) is 5.82 Å². The van der Waals surface area contributed by atoms with Crippen LogP contribution in [0.15, 0.2) is 36.7 Å². The van der Waals surface area contributed by atoms with Crippen molar-refractivity contribution in [3.8, 4) is 0 Å². The molecule has 1 amide bonds. The molecule has 3 rings (SSSR count). The molecule has 0 aliphatic carbocycles. The zero-order chi connectivity index (χ0) is 20.3. The zero-order valence-electron chi connectivity index (χ0n) is 16.7. The highest BCUT2D eigenvalue weighted by Gasteiger charge is 2.20. The van der Waals surface area contributed by atoms with Gasteiger partial charge in [-0.3, -0.25) is 4.79 Å². The first-order valence-corrected chi connectivity index (χ1v) is 9.54. The molecular weight excluding hydrogens is 357 g/mol. The Bertz CT molecular complexity index is 982. The summed E-state index contributed by atoms with van der Waals surface area (Å²) < 4.78 is 15.2. The van der Waals surface area contributed by atoms with Crippen LogP contribution in [0.3, 0.4) is 0 Å². The van der Waals surface area contributed by atoms with Crippen molar-refractivity contribution >= 4 is 22.6 Å². The van der Waals surface area contributed by atoms with E-state index in [1.165, 1.54) is 12.1 Å². The summed E-state index contributed by atoms with van der Waals surface area (Å²) in [6, 6.07) is 6.35. The molecule has 0 bridgehead atoms. The molecule has 0 saturated heterocycles. The maximum Gasteiger partial charge on any atom is 0.255 e. The predicted molar refractivity (Wildman–Crippen MR) is 109 cm³/mol. The van der Waals surface area contributed by atoms with E-state index in [0.717, 1.165) is 16.7 Å². The highest BCUT2D eigenvalue weighted by Crippen LogP contribution is 2.27. The average Bonchev–Trinajstić information content (AvgIpc) is 3.10.